The second-order valence-electron chi connectivity index (χ2n) is 4.30. The summed E-state index contributed by atoms with van der Waals surface area (Å²) in [7, 11) is 2.93. The number of nitrogens with zero attached hydrogens (tertiary/aromatic N) is 3. The van der Waals surface area contributed by atoms with Gasteiger partial charge in [0.1, 0.15) is 0 Å². The van der Waals surface area contributed by atoms with Crippen molar-refractivity contribution in [1.82, 2.24) is 15.0 Å². The zero-order valence-electron chi connectivity index (χ0n) is 11.2. The number of methoxy groups -OCH3 is 2. The van der Waals surface area contributed by atoms with Crippen molar-refractivity contribution in [3.63, 3.8) is 0 Å². The van der Waals surface area contributed by atoms with Crippen molar-refractivity contribution in [3.8, 4) is 12.0 Å². The molecule has 1 aromatic rings. The molecule has 1 rings (SSSR count). The fraction of sp³-hybridized carbons (Fsp3) is 0.727. The lowest BCUT2D eigenvalue weighted by atomic mass is 10.1. The van der Waals surface area contributed by atoms with Gasteiger partial charge in [-0.15, -0.1) is 4.98 Å². The second-order valence-corrected chi connectivity index (χ2v) is 4.30. The van der Waals surface area contributed by atoms with Crippen LogP contribution in [0.5, 0.6) is 12.0 Å². The Labute approximate surface area is 107 Å². The van der Waals surface area contributed by atoms with E-state index in [0.29, 0.717) is 24.8 Å². The Hall–Kier alpha value is -1.63. The van der Waals surface area contributed by atoms with Crippen LogP contribution in [0.3, 0.4) is 0 Å². The summed E-state index contributed by atoms with van der Waals surface area (Å²) in [6.45, 7) is 4.48. The summed E-state index contributed by atoms with van der Waals surface area (Å²) in [5, 5.41) is 12.7. The third-order valence-electron chi connectivity index (χ3n) is 2.20. The van der Waals surface area contributed by atoms with Gasteiger partial charge in [-0.2, -0.15) is 9.97 Å². The summed E-state index contributed by atoms with van der Waals surface area (Å²) in [5.41, 5.74) is 0. The Bertz CT molecular complexity index is 351. The lowest BCUT2D eigenvalue weighted by Gasteiger charge is -2.14. The van der Waals surface area contributed by atoms with Crippen LogP contribution in [-0.4, -0.2) is 46.9 Å². The van der Waals surface area contributed by atoms with E-state index < -0.39 is 6.10 Å². The van der Waals surface area contributed by atoms with E-state index in [-0.39, 0.29) is 12.0 Å². The number of anilines is 1. The number of nitrogens with one attached hydrogen (secondary N) is 1. The van der Waals surface area contributed by atoms with Crippen LogP contribution in [0, 0.1) is 5.92 Å². The molecule has 7 nitrogen and oxygen atoms in total. The molecule has 0 saturated heterocycles. The van der Waals surface area contributed by atoms with Gasteiger partial charge in [0.15, 0.2) is 0 Å². The smallest absolute Gasteiger partial charge is 0.324 e. The molecule has 0 amide bonds. The molecule has 1 unspecified atom stereocenters. The fourth-order valence-corrected chi connectivity index (χ4v) is 1.44. The first-order chi connectivity index (χ1) is 8.55. The monoisotopic (exact) mass is 256 g/mol. The number of aliphatic hydroxyl groups excluding tert-OH is 1. The maximum absolute atomic E-state index is 9.74. The topological polar surface area (TPSA) is 89.4 Å². The van der Waals surface area contributed by atoms with Crippen molar-refractivity contribution in [2.45, 2.75) is 26.4 Å². The maximum atomic E-state index is 9.74. The van der Waals surface area contributed by atoms with Crippen LogP contribution in [-0.2, 0) is 0 Å². The fourth-order valence-electron chi connectivity index (χ4n) is 1.44. The molecule has 102 valence electrons. The molecule has 0 aliphatic rings. The zero-order valence-corrected chi connectivity index (χ0v) is 11.2. The van der Waals surface area contributed by atoms with Crippen LogP contribution in [0.15, 0.2) is 0 Å². The summed E-state index contributed by atoms with van der Waals surface area (Å²) in [6.07, 6.45) is 0.269. The summed E-state index contributed by atoms with van der Waals surface area (Å²) < 4.78 is 9.85. The Morgan fingerprint density at radius 1 is 1.11 bits per heavy atom. The summed E-state index contributed by atoms with van der Waals surface area (Å²) in [5.74, 6) is 0.755. The quantitative estimate of drug-likeness (QED) is 0.742. The van der Waals surface area contributed by atoms with Crippen LogP contribution < -0.4 is 14.8 Å². The molecule has 0 aliphatic carbocycles. The van der Waals surface area contributed by atoms with Crippen molar-refractivity contribution < 1.29 is 14.6 Å². The molecule has 0 saturated carbocycles. The van der Waals surface area contributed by atoms with Gasteiger partial charge in [-0.1, -0.05) is 13.8 Å². The van der Waals surface area contributed by atoms with Gasteiger partial charge in [0.25, 0.3) is 0 Å². The number of rotatable bonds is 7. The summed E-state index contributed by atoms with van der Waals surface area (Å²) in [6, 6.07) is 0.338. The molecule has 1 atom stereocenters. The van der Waals surface area contributed by atoms with Crippen molar-refractivity contribution in [3.05, 3.63) is 0 Å². The highest BCUT2D eigenvalue weighted by Crippen LogP contribution is 2.12. The molecule has 18 heavy (non-hydrogen) atoms. The third-order valence-corrected chi connectivity index (χ3v) is 2.20. The molecular weight excluding hydrogens is 236 g/mol. The molecule has 0 fully saturated rings. The minimum absolute atomic E-state index is 0.169. The highest BCUT2D eigenvalue weighted by molar-refractivity contribution is 5.27. The van der Waals surface area contributed by atoms with Crippen molar-refractivity contribution >= 4 is 5.95 Å². The van der Waals surface area contributed by atoms with Crippen molar-refractivity contribution in [2.75, 3.05) is 26.1 Å². The molecule has 7 heteroatoms. The van der Waals surface area contributed by atoms with E-state index in [1.165, 1.54) is 14.2 Å². The van der Waals surface area contributed by atoms with Crippen LogP contribution >= 0.6 is 0 Å². The molecule has 0 spiro atoms. The van der Waals surface area contributed by atoms with Crippen molar-refractivity contribution in [1.29, 1.82) is 0 Å². The van der Waals surface area contributed by atoms with Gasteiger partial charge in [-0.25, -0.2) is 0 Å². The van der Waals surface area contributed by atoms with E-state index >= 15 is 0 Å². The summed E-state index contributed by atoms with van der Waals surface area (Å²) in [4.78, 5) is 11.9. The third kappa shape index (κ3) is 4.70. The lowest BCUT2D eigenvalue weighted by molar-refractivity contribution is 0.161. The number of aromatic nitrogens is 3. The van der Waals surface area contributed by atoms with Crippen LogP contribution in [0.25, 0.3) is 0 Å². The summed E-state index contributed by atoms with van der Waals surface area (Å²) >= 11 is 0. The highest BCUT2D eigenvalue weighted by atomic mass is 16.5. The van der Waals surface area contributed by atoms with E-state index in [2.05, 4.69) is 34.1 Å². The first kappa shape index (κ1) is 14.4. The number of hydrogen-bond acceptors (Lipinski definition) is 7. The largest absolute Gasteiger partial charge is 0.467 e. The number of aliphatic hydroxyl groups is 1. The number of hydrogen-bond donors (Lipinski definition) is 2. The van der Waals surface area contributed by atoms with E-state index in [0.717, 1.165) is 0 Å². The predicted octanol–water partition coefficient (Wildman–Crippen LogP) is 0.708. The zero-order chi connectivity index (χ0) is 13.5. The van der Waals surface area contributed by atoms with Gasteiger partial charge in [0.2, 0.25) is 5.95 Å². The van der Waals surface area contributed by atoms with Gasteiger partial charge < -0.3 is 19.9 Å². The first-order valence-corrected chi connectivity index (χ1v) is 5.81. The predicted molar refractivity (Wildman–Crippen MR) is 66.9 cm³/mol. The molecule has 2 N–H and O–H groups in total. The van der Waals surface area contributed by atoms with Gasteiger partial charge in [0, 0.05) is 6.54 Å². The standard InChI is InChI=1S/C11H20N4O3/c1-7(2)5-8(16)6-12-9-13-10(17-3)15-11(14-9)18-4/h7-8,16H,5-6H2,1-4H3,(H,12,13,14,15). The lowest BCUT2D eigenvalue weighted by Crippen LogP contribution is -2.22. The number of ether oxygens (including phenoxy) is 2. The minimum atomic E-state index is -0.446. The second kappa shape index (κ2) is 6.95. The average molecular weight is 256 g/mol. The van der Waals surface area contributed by atoms with Crippen LogP contribution in [0.4, 0.5) is 5.95 Å². The van der Waals surface area contributed by atoms with Gasteiger partial charge >= 0.3 is 12.0 Å². The average Bonchev–Trinajstić information content (AvgIpc) is 2.35. The van der Waals surface area contributed by atoms with Crippen LogP contribution in [0.2, 0.25) is 0 Å². The highest BCUT2D eigenvalue weighted by Gasteiger charge is 2.10. The Morgan fingerprint density at radius 3 is 2.11 bits per heavy atom. The van der Waals surface area contributed by atoms with E-state index in [9.17, 15) is 5.11 Å². The Balaban J connectivity index is 2.60. The van der Waals surface area contributed by atoms with E-state index in [1.54, 1.807) is 0 Å². The molecule has 1 heterocycles. The van der Waals surface area contributed by atoms with Crippen LogP contribution in [0.1, 0.15) is 20.3 Å². The molecule has 0 radical (unpaired) electrons. The van der Waals surface area contributed by atoms with Gasteiger partial charge in [-0.3, -0.25) is 0 Å². The van der Waals surface area contributed by atoms with Gasteiger partial charge in [0.05, 0.1) is 20.3 Å². The minimum Gasteiger partial charge on any atom is -0.467 e. The molecular formula is C11H20N4O3. The van der Waals surface area contributed by atoms with E-state index in [1.807, 2.05) is 0 Å². The van der Waals surface area contributed by atoms with Crippen molar-refractivity contribution in [2.24, 2.45) is 5.92 Å². The maximum Gasteiger partial charge on any atom is 0.324 e. The Morgan fingerprint density at radius 2 is 1.67 bits per heavy atom. The SMILES string of the molecule is COc1nc(NCC(O)CC(C)C)nc(OC)n1. The Kier molecular flexibility index (Phi) is 5.57. The first-order valence-electron chi connectivity index (χ1n) is 5.81. The molecule has 0 aliphatic heterocycles. The molecule has 0 bridgehead atoms. The molecule has 0 aromatic carbocycles. The van der Waals surface area contributed by atoms with Gasteiger partial charge in [-0.05, 0) is 12.3 Å². The van der Waals surface area contributed by atoms with E-state index in [4.69, 9.17) is 9.47 Å². The normalized spacial score (nSPS) is 12.3. The molecule has 1 aromatic heterocycles.